The molecule has 1 fully saturated rings. The van der Waals surface area contributed by atoms with Gasteiger partial charge in [0.2, 0.25) is 17.7 Å². The van der Waals surface area contributed by atoms with E-state index in [0.29, 0.717) is 36.9 Å². The number of hydrogen-bond acceptors (Lipinski definition) is 4. The Kier molecular flexibility index (Phi) is 9.78. The summed E-state index contributed by atoms with van der Waals surface area (Å²) >= 11 is 11.8. The maximum atomic E-state index is 12.4. The standard InChI is InChI=1S/C22H30Cl2N4O4/c1-13(2)14(3)27-21(31)15-6-8-28(9-7-15)20(30)12-25-19(29)11-26-22(32)17-5-4-16(23)10-18(17)24/h4-5,10,13-15H,6-9,11-12H2,1-3H3,(H,25,29)(H,26,32)(H,27,31). The van der Waals surface area contributed by atoms with Gasteiger partial charge < -0.3 is 20.9 Å². The fourth-order valence-electron chi connectivity index (χ4n) is 3.18. The van der Waals surface area contributed by atoms with Crippen molar-refractivity contribution in [1.29, 1.82) is 0 Å². The molecule has 0 saturated carbocycles. The van der Waals surface area contributed by atoms with Gasteiger partial charge >= 0.3 is 0 Å². The fourth-order valence-corrected chi connectivity index (χ4v) is 3.67. The molecule has 1 saturated heterocycles. The second-order valence-corrected chi connectivity index (χ2v) is 9.12. The van der Waals surface area contributed by atoms with E-state index in [0.717, 1.165) is 0 Å². The van der Waals surface area contributed by atoms with Crippen LogP contribution in [0.1, 0.15) is 44.0 Å². The highest BCUT2D eigenvalue weighted by Crippen LogP contribution is 2.21. The number of hydrogen-bond donors (Lipinski definition) is 3. The van der Waals surface area contributed by atoms with Crippen molar-refractivity contribution >= 4 is 46.8 Å². The van der Waals surface area contributed by atoms with E-state index in [1.807, 2.05) is 6.92 Å². The minimum atomic E-state index is -0.514. The second-order valence-electron chi connectivity index (χ2n) is 8.28. The predicted molar refractivity (Wildman–Crippen MR) is 124 cm³/mol. The third-order valence-electron chi connectivity index (χ3n) is 5.61. The maximum absolute atomic E-state index is 12.4. The maximum Gasteiger partial charge on any atom is 0.253 e. The molecule has 0 radical (unpaired) electrons. The summed E-state index contributed by atoms with van der Waals surface area (Å²) in [7, 11) is 0. The number of carbonyl (C=O) groups is 4. The van der Waals surface area contributed by atoms with Gasteiger partial charge in [-0.2, -0.15) is 0 Å². The Balaban J connectivity index is 1.70. The van der Waals surface area contributed by atoms with Crippen molar-refractivity contribution in [2.24, 2.45) is 11.8 Å². The average molecular weight is 485 g/mol. The SMILES string of the molecule is CC(C)C(C)NC(=O)C1CCN(C(=O)CNC(=O)CNC(=O)c2ccc(Cl)cc2Cl)CC1. The van der Waals surface area contributed by atoms with Crippen molar-refractivity contribution in [3.05, 3.63) is 33.8 Å². The molecule has 10 heteroatoms. The van der Waals surface area contributed by atoms with Crippen molar-refractivity contribution in [3.8, 4) is 0 Å². The number of nitrogens with zero attached hydrogens (tertiary/aromatic N) is 1. The van der Waals surface area contributed by atoms with Crippen LogP contribution in [0.25, 0.3) is 0 Å². The van der Waals surface area contributed by atoms with Gasteiger partial charge in [0, 0.05) is 30.1 Å². The quantitative estimate of drug-likeness (QED) is 0.525. The molecule has 176 valence electrons. The van der Waals surface area contributed by atoms with Crippen LogP contribution >= 0.6 is 23.2 Å². The summed E-state index contributed by atoms with van der Waals surface area (Å²) in [5.74, 6) is -0.945. The van der Waals surface area contributed by atoms with Crippen LogP contribution < -0.4 is 16.0 Å². The molecular formula is C22H30Cl2N4O4. The lowest BCUT2D eigenvalue weighted by atomic mass is 9.94. The molecule has 1 aromatic rings. The molecule has 0 spiro atoms. The highest BCUT2D eigenvalue weighted by molar-refractivity contribution is 6.36. The zero-order chi connectivity index (χ0) is 23.8. The van der Waals surface area contributed by atoms with Crippen LogP contribution in [0.3, 0.4) is 0 Å². The smallest absolute Gasteiger partial charge is 0.253 e. The largest absolute Gasteiger partial charge is 0.353 e. The number of carbonyl (C=O) groups excluding carboxylic acids is 4. The van der Waals surface area contributed by atoms with E-state index in [9.17, 15) is 19.2 Å². The Morgan fingerprint density at radius 3 is 2.28 bits per heavy atom. The Hall–Kier alpha value is -2.32. The Bertz CT molecular complexity index is 854. The lowest BCUT2D eigenvalue weighted by Crippen LogP contribution is -2.48. The van der Waals surface area contributed by atoms with Gasteiger partial charge in [-0.25, -0.2) is 0 Å². The third-order valence-corrected chi connectivity index (χ3v) is 6.16. The number of benzene rings is 1. The van der Waals surface area contributed by atoms with Crippen molar-refractivity contribution < 1.29 is 19.2 Å². The van der Waals surface area contributed by atoms with Crippen LogP contribution in [0.15, 0.2) is 18.2 Å². The van der Waals surface area contributed by atoms with E-state index in [4.69, 9.17) is 23.2 Å². The lowest BCUT2D eigenvalue weighted by Gasteiger charge is -2.32. The molecule has 0 aliphatic carbocycles. The van der Waals surface area contributed by atoms with Crippen LogP contribution in [0.5, 0.6) is 0 Å². The molecule has 4 amide bonds. The molecule has 1 aliphatic heterocycles. The summed E-state index contributed by atoms with van der Waals surface area (Å²) in [6.07, 6.45) is 1.18. The second kappa shape index (κ2) is 12.1. The highest BCUT2D eigenvalue weighted by atomic mass is 35.5. The normalized spacial score (nSPS) is 15.2. The van der Waals surface area contributed by atoms with Crippen molar-refractivity contribution in [3.63, 3.8) is 0 Å². The number of piperidine rings is 1. The summed E-state index contributed by atoms with van der Waals surface area (Å²) < 4.78 is 0. The van der Waals surface area contributed by atoms with Crippen LogP contribution in [-0.2, 0) is 14.4 Å². The van der Waals surface area contributed by atoms with Gasteiger partial charge in [-0.15, -0.1) is 0 Å². The Labute approximate surface area is 198 Å². The van der Waals surface area contributed by atoms with E-state index in [1.165, 1.54) is 18.2 Å². The van der Waals surface area contributed by atoms with Crippen molar-refractivity contribution in [2.45, 2.75) is 39.7 Å². The zero-order valence-electron chi connectivity index (χ0n) is 18.5. The number of nitrogens with one attached hydrogen (secondary N) is 3. The highest BCUT2D eigenvalue weighted by Gasteiger charge is 2.28. The van der Waals surface area contributed by atoms with E-state index >= 15 is 0 Å². The molecule has 0 aromatic heterocycles. The van der Waals surface area contributed by atoms with Crippen LogP contribution in [-0.4, -0.2) is 60.7 Å². The third kappa shape index (κ3) is 7.67. The van der Waals surface area contributed by atoms with Crippen LogP contribution in [0, 0.1) is 11.8 Å². The van der Waals surface area contributed by atoms with E-state index < -0.39 is 11.8 Å². The summed E-state index contributed by atoms with van der Waals surface area (Å²) in [4.78, 5) is 50.5. The van der Waals surface area contributed by atoms with E-state index in [2.05, 4.69) is 29.8 Å². The number of rotatable bonds is 8. The molecular weight excluding hydrogens is 455 g/mol. The van der Waals surface area contributed by atoms with Gasteiger partial charge in [0.05, 0.1) is 23.7 Å². The molecule has 0 bridgehead atoms. The predicted octanol–water partition coefficient (Wildman–Crippen LogP) is 2.24. The van der Waals surface area contributed by atoms with Gasteiger partial charge in [0.15, 0.2) is 0 Å². The molecule has 1 heterocycles. The number of likely N-dealkylation sites (tertiary alicyclic amines) is 1. The lowest BCUT2D eigenvalue weighted by molar-refractivity contribution is -0.136. The minimum absolute atomic E-state index is 0.0307. The summed E-state index contributed by atoms with van der Waals surface area (Å²) in [5.41, 5.74) is 0.203. The molecule has 1 unspecified atom stereocenters. The Morgan fingerprint density at radius 1 is 1.03 bits per heavy atom. The first kappa shape index (κ1) is 25.9. The van der Waals surface area contributed by atoms with E-state index in [1.54, 1.807) is 4.90 Å². The van der Waals surface area contributed by atoms with Gasteiger partial charge in [-0.1, -0.05) is 37.0 Å². The van der Waals surface area contributed by atoms with Gasteiger partial charge in [-0.05, 0) is 43.9 Å². The van der Waals surface area contributed by atoms with E-state index in [-0.39, 0.29) is 47.4 Å². The molecule has 1 aromatic carbocycles. The van der Waals surface area contributed by atoms with Gasteiger partial charge in [0.1, 0.15) is 0 Å². The van der Waals surface area contributed by atoms with Crippen LogP contribution in [0.2, 0.25) is 10.0 Å². The molecule has 1 atom stereocenters. The Morgan fingerprint density at radius 2 is 1.69 bits per heavy atom. The minimum Gasteiger partial charge on any atom is -0.353 e. The number of halogens is 2. The monoisotopic (exact) mass is 484 g/mol. The van der Waals surface area contributed by atoms with Crippen molar-refractivity contribution in [1.82, 2.24) is 20.9 Å². The number of amides is 4. The topological polar surface area (TPSA) is 108 Å². The molecule has 1 aliphatic rings. The van der Waals surface area contributed by atoms with Crippen LogP contribution in [0.4, 0.5) is 0 Å². The summed E-state index contributed by atoms with van der Waals surface area (Å²) in [6.45, 7) is 6.57. The first-order valence-corrected chi connectivity index (χ1v) is 11.4. The zero-order valence-corrected chi connectivity index (χ0v) is 20.1. The first-order chi connectivity index (χ1) is 15.1. The summed E-state index contributed by atoms with van der Waals surface area (Å²) in [5, 5.41) is 8.57. The van der Waals surface area contributed by atoms with Gasteiger partial charge in [-0.3, -0.25) is 19.2 Å². The van der Waals surface area contributed by atoms with Gasteiger partial charge in [0.25, 0.3) is 5.91 Å². The fraction of sp³-hybridized carbons (Fsp3) is 0.545. The molecule has 8 nitrogen and oxygen atoms in total. The molecule has 3 N–H and O–H groups in total. The van der Waals surface area contributed by atoms with Crippen molar-refractivity contribution in [2.75, 3.05) is 26.2 Å². The summed E-state index contributed by atoms with van der Waals surface area (Å²) in [6, 6.07) is 4.54. The molecule has 32 heavy (non-hydrogen) atoms. The first-order valence-electron chi connectivity index (χ1n) is 10.7. The molecule has 2 rings (SSSR count). The average Bonchev–Trinajstić information content (AvgIpc) is 2.75.